The SMILES string of the molecule is N#CC1=C(N)Oc2cc3oc(-c4ccccc4)cc(=O)c3c(O)c2C12C(=O)Nc1cc(Cl)ccc12. The number of fused-ring (bicyclic) bond motifs is 5. The summed E-state index contributed by atoms with van der Waals surface area (Å²) in [6, 6.07) is 18.2. The number of carbonyl (C=O) groups excluding carboxylic acids is 1. The van der Waals surface area contributed by atoms with Crippen molar-refractivity contribution in [3.8, 4) is 28.9 Å². The van der Waals surface area contributed by atoms with Crippen LogP contribution in [0.15, 0.2) is 81.3 Å². The van der Waals surface area contributed by atoms with E-state index < -0.39 is 22.5 Å². The second-order valence-corrected chi connectivity index (χ2v) is 8.60. The van der Waals surface area contributed by atoms with Gasteiger partial charge in [-0.1, -0.05) is 48.0 Å². The van der Waals surface area contributed by atoms with E-state index in [0.717, 1.165) is 0 Å². The zero-order valence-corrected chi connectivity index (χ0v) is 18.5. The van der Waals surface area contributed by atoms with Crippen LogP contribution in [-0.2, 0) is 10.2 Å². The zero-order valence-electron chi connectivity index (χ0n) is 17.8. The molecule has 4 aromatic rings. The average molecular weight is 484 g/mol. The number of benzene rings is 3. The molecule has 0 bridgehead atoms. The summed E-state index contributed by atoms with van der Waals surface area (Å²) in [5.74, 6) is -1.22. The molecule has 3 heterocycles. The van der Waals surface area contributed by atoms with E-state index >= 15 is 0 Å². The number of amides is 1. The Morgan fingerprint density at radius 2 is 1.86 bits per heavy atom. The molecule has 2 aliphatic heterocycles. The van der Waals surface area contributed by atoms with E-state index in [1.54, 1.807) is 36.4 Å². The highest BCUT2D eigenvalue weighted by Gasteiger charge is 2.58. The van der Waals surface area contributed by atoms with Crippen molar-refractivity contribution < 1.29 is 19.1 Å². The van der Waals surface area contributed by atoms with Crippen molar-refractivity contribution >= 4 is 34.2 Å². The van der Waals surface area contributed by atoms with Crippen molar-refractivity contribution in [1.82, 2.24) is 0 Å². The molecular weight excluding hydrogens is 470 g/mol. The van der Waals surface area contributed by atoms with Crippen LogP contribution in [0.3, 0.4) is 0 Å². The summed E-state index contributed by atoms with van der Waals surface area (Å²) < 4.78 is 11.6. The molecule has 0 saturated heterocycles. The van der Waals surface area contributed by atoms with Crippen LogP contribution >= 0.6 is 11.6 Å². The molecule has 0 aliphatic carbocycles. The maximum atomic E-state index is 13.5. The molecule has 6 rings (SSSR count). The van der Waals surface area contributed by atoms with Crippen LogP contribution in [0.5, 0.6) is 11.5 Å². The van der Waals surface area contributed by atoms with E-state index in [9.17, 15) is 20.0 Å². The van der Waals surface area contributed by atoms with Gasteiger partial charge in [0, 0.05) is 34.0 Å². The lowest BCUT2D eigenvalue weighted by Gasteiger charge is -2.34. The van der Waals surface area contributed by atoms with E-state index in [-0.39, 0.29) is 39.5 Å². The van der Waals surface area contributed by atoms with Gasteiger partial charge >= 0.3 is 0 Å². The van der Waals surface area contributed by atoms with Gasteiger partial charge in [0.05, 0.1) is 5.56 Å². The van der Waals surface area contributed by atoms with Gasteiger partial charge in [0.15, 0.2) is 5.43 Å². The van der Waals surface area contributed by atoms with Crippen molar-refractivity contribution in [1.29, 1.82) is 5.26 Å². The molecule has 35 heavy (non-hydrogen) atoms. The number of anilines is 1. The van der Waals surface area contributed by atoms with E-state index in [1.807, 2.05) is 12.1 Å². The van der Waals surface area contributed by atoms with Gasteiger partial charge in [-0.25, -0.2) is 0 Å². The highest BCUT2D eigenvalue weighted by atomic mass is 35.5. The highest BCUT2D eigenvalue weighted by molar-refractivity contribution is 6.31. The molecule has 3 aromatic carbocycles. The van der Waals surface area contributed by atoms with Crippen LogP contribution in [0.4, 0.5) is 5.69 Å². The summed E-state index contributed by atoms with van der Waals surface area (Å²) in [5, 5.41) is 24.4. The van der Waals surface area contributed by atoms with Crippen molar-refractivity contribution in [2.75, 3.05) is 5.32 Å². The Bertz CT molecular complexity index is 1740. The number of phenolic OH excluding ortho intramolecular Hbond substituents is 1. The molecule has 4 N–H and O–H groups in total. The van der Waals surface area contributed by atoms with E-state index in [1.165, 1.54) is 18.2 Å². The number of nitrogens with two attached hydrogens (primary N) is 1. The zero-order chi connectivity index (χ0) is 24.5. The molecule has 1 aromatic heterocycles. The molecule has 1 atom stereocenters. The van der Waals surface area contributed by atoms with Crippen LogP contribution in [0.25, 0.3) is 22.3 Å². The van der Waals surface area contributed by atoms with Gasteiger partial charge in [-0.2, -0.15) is 5.26 Å². The fourth-order valence-corrected chi connectivity index (χ4v) is 5.04. The number of ether oxygens (including phenoxy) is 1. The van der Waals surface area contributed by atoms with Gasteiger partial charge in [0.1, 0.15) is 45.3 Å². The minimum Gasteiger partial charge on any atom is -0.507 e. The monoisotopic (exact) mass is 483 g/mol. The first-order chi connectivity index (χ1) is 16.9. The summed E-state index contributed by atoms with van der Waals surface area (Å²) in [6.45, 7) is 0. The lowest BCUT2D eigenvalue weighted by Crippen LogP contribution is -2.42. The van der Waals surface area contributed by atoms with Crippen LogP contribution in [0.2, 0.25) is 5.02 Å². The van der Waals surface area contributed by atoms with E-state index in [4.69, 9.17) is 26.5 Å². The standard InChI is InChI=1S/C26H14ClN3O5/c27-13-6-7-14-16(8-13)30-25(33)26(14)15(11-28)24(29)35-20-10-19-21(23(32)22(20)26)17(31)9-18(34-19)12-4-2-1-3-5-12/h1-10,32H,29H2,(H,30,33). The lowest BCUT2D eigenvalue weighted by molar-refractivity contribution is -0.118. The molecule has 170 valence electrons. The van der Waals surface area contributed by atoms with Crippen molar-refractivity contribution in [3.63, 3.8) is 0 Å². The molecule has 8 nitrogen and oxygen atoms in total. The summed E-state index contributed by atoms with van der Waals surface area (Å²) in [5.41, 5.74) is 4.82. The first-order valence-electron chi connectivity index (χ1n) is 10.5. The number of hydrogen-bond donors (Lipinski definition) is 3. The van der Waals surface area contributed by atoms with Crippen LogP contribution in [0, 0.1) is 11.3 Å². The Kier molecular flexibility index (Phi) is 4.24. The first-order valence-corrected chi connectivity index (χ1v) is 10.8. The summed E-state index contributed by atoms with van der Waals surface area (Å²) in [4.78, 5) is 26.7. The number of phenols is 1. The molecule has 2 aliphatic rings. The molecule has 0 radical (unpaired) electrons. The van der Waals surface area contributed by atoms with Gasteiger partial charge in [-0.15, -0.1) is 0 Å². The normalized spacial score (nSPS) is 18.1. The van der Waals surface area contributed by atoms with Gasteiger partial charge in [0.25, 0.3) is 0 Å². The number of carbonyl (C=O) groups is 1. The highest BCUT2D eigenvalue weighted by Crippen LogP contribution is 2.57. The fraction of sp³-hybridized carbons (Fsp3) is 0.0385. The predicted octanol–water partition coefficient (Wildman–Crippen LogP) is 4.14. The molecule has 9 heteroatoms. The first kappa shape index (κ1) is 20.8. The molecule has 1 spiro atoms. The summed E-state index contributed by atoms with van der Waals surface area (Å²) in [6.07, 6.45) is 0. The minimum atomic E-state index is -1.85. The largest absolute Gasteiger partial charge is 0.507 e. The maximum Gasteiger partial charge on any atom is 0.245 e. The molecule has 1 unspecified atom stereocenters. The lowest BCUT2D eigenvalue weighted by atomic mass is 9.68. The van der Waals surface area contributed by atoms with Crippen molar-refractivity contribution in [2.24, 2.45) is 5.73 Å². The van der Waals surface area contributed by atoms with Gasteiger partial charge in [0.2, 0.25) is 11.8 Å². The third kappa shape index (κ3) is 2.67. The Morgan fingerprint density at radius 1 is 1.09 bits per heavy atom. The fourth-order valence-electron chi connectivity index (χ4n) is 4.87. The van der Waals surface area contributed by atoms with Gasteiger partial charge in [-0.05, 0) is 12.1 Å². The number of aromatic hydroxyl groups is 1. The average Bonchev–Trinajstić information content (AvgIpc) is 3.10. The van der Waals surface area contributed by atoms with Crippen molar-refractivity contribution in [2.45, 2.75) is 5.41 Å². The summed E-state index contributed by atoms with van der Waals surface area (Å²) >= 11 is 6.11. The predicted molar refractivity (Wildman–Crippen MR) is 128 cm³/mol. The third-order valence-electron chi connectivity index (χ3n) is 6.32. The quantitative estimate of drug-likeness (QED) is 0.369. The molecule has 0 saturated carbocycles. The van der Waals surface area contributed by atoms with Gasteiger partial charge in [-0.3, -0.25) is 9.59 Å². The van der Waals surface area contributed by atoms with Gasteiger partial charge < -0.3 is 25.3 Å². The number of nitrogens with zero attached hydrogens (tertiary/aromatic N) is 1. The smallest absolute Gasteiger partial charge is 0.245 e. The number of nitrogens with one attached hydrogen (secondary N) is 1. The third-order valence-corrected chi connectivity index (χ3v) is 6.55. The minimum absolute atomic E-state index is 0.0159. The van der Waals surface area contributed by atoms with Crippen molar-refractivity contribution in [3.05, 3.63) is 98.5 Å². The maximum absolute atomic E-state index is 13.5. The molecule has 0 fully saturated rings. The Balaban J connectivity index is 1.72. The summed E-state index contributed by atoms with van der Waals surface area (Å²) in [7, 11) is 0. The second kappa shape index (κ2) is 7.13. The Hall–Kier alpha value is -4.74. The topological polar surface area (TPSA) is 139 Å². The number of nitriles is 1. The Morgan fingerprint density at radius 3 is 2.60 bits per heavy atom. The van der Waals surface area contributed by atoms with Crippen LogP contribution < -0.4 is 21.2 Å². The van der Waals surface area contributed by atoms with E-state index in [2.05, 4.69) is 5.32 Å². The number of hydrogen-bond acceptors (Lipinski definition) is 7. The second-order valence-electron chi connectivity index (χ2n) is 8.16. The van der Waals surface area contributed by atoms with Crippen LogP contribution in [0.1, 0.15) is 11.1 Å². The Labute approximate surface area is 202 Å². The number of rotatable bonds is 1. The molecule has 1 amide bonds. The van der Waals surface area contributed by atoms with E-state index in [0.29, 0.717) is 21.8 Å². The number of halogens is 1. The van der Waals surface area contributed by atoms with Crippen LogP contribution in [-0.4, -0.2) is 11.0 Å². The molecular formula is C26H14ClN3O5.